The number of methoxy groups -OCH3 is 1. The first-order valence-electron chi connectivity index (χ1n) is 13.8. The van der Waals surface area contributed by atoms with Crippen LogP contribution in [0.5, 0.6) is 5.75 Å². The molecule has 2 atom stereocenters. The largest absolute Gasteiger partial charge is 0.494 e. The van der Waals surface area contributed by atoms with Gasteiger partial charge in [-0.05, 0) is 85.3 Å². The second kappa shape index (κ2) is 12.1. The maximum absolute atomic E-state index is 15.0. The zero-order valence-electron chi connectivity index (χ0n) is 23.5. The lowest BCUT2D eigenvalue weighted by atomic mass is 10.0. The molecule has 5 N–H and O–H groups in total. The number of hydrogen-bond donors (Lipinski definition) is 4. The van der Waals surface area contributed by atoms with Crippen molar-refractivity contribution in [2.24, 2.45) is 5.73 Å². The molecule has 0 radical (unpaired) electrons. The van der Waals surface area contributed by atoms with E-state index in [4.69, 9.17) is 10.5 Å². The zero-order chi connectivity index (χ0) is 31.8. The van der Waals surface area contributed by atoms with Gasteiger partial charge in [-0.1, -0.05) is 6.07 Å². The monoisotopic (exact) mass is 628 g/mol. The lowest BCUT2D eigenvalue weighted by Crippen LogP contribution is -2.38. The Morgan fingerprint density at radius 2 is 1.75 bits per heavy atom. The molecule has 2 fully saturated rings. The van der Waals surface area contributed by atoms with Crippen molar-refractivity contribution in [3.05, 3.63) is 82.9 Å². The van der Waals surface area contributed by atoms with Crippen molar-refractivity contribution in [1.82, 2.24) is 4.90 Å². The molecule has 0 spiro atoms. The van der Waals surface area contributed by atoms with Gasteiger partial charge < -0.3 is 25.8 Å². The first-order valence-corrected chi connectivity index (χ1v) is 15.3. The quantitative estimate of drug-likeness (QED) is 0.252. The number of likely N-dealkylation sites (tertiary alicyclic amines) is 1. The molecule has 3 aromatic carbocycles. The van der Waals surface area contributed by atoms with Crippen LogP contribution in [0, 0.1) is 11.6 Å². The number of amides is 3. The molecule has 2 unspecified atom stereocenters. The molecule has 3 aromatic rings. The Balaban J connectivity index is 1.59. The molecule has 232 valence electrons. The summed E-state index contributed by atoms with van der Waals surface area (Å²) in [6.07, 6.45) is 0.501. The molecule has 1 saturated heterocycles. The average Bonchev–Trinajstić information content (AvgIpc) is 3.74. The van der Waals surface area contributed by atoms with Gasteiger partial charge in [0.25, 0.3) is 0 Å². The van der Waals surface area contributed by atoms with Crippen LogP contribution >= 0.6 is 0 Å². The number of nitrogens with zero attached hydrogens (tertiary/aromatic N) is 1. The van der Waals surface area contributed by atoms with Crippen molar-refractivity contribution >= 4 is 39.1 Å². The summed E-state index contributed by atoms with van der Waals surface area (Å²) in [7, 11) is -2.51. The molecule has 2 aliphatic rings. The molecule has 0 bridgehead atoms. The minimum Gasteiger partial charge on any atom is -0.494 e. The van der Waals surface area contributed by atoms with Gasteiger partial charge in [0.2, 0.25) is 11.8 Å². The molecular formula is C30H30F2N4O7S. The van der Waals surface area contributed by atoms with Gasteiger partial charge in [-0.2, -0.15) is 0 Å². The number of nitrogens with two attached hydrogens (primary N) is 1. The number of carbonyl (C=O) groups excluding carboxylic acids is 2. The van der Waals surface area contributed by atoms with Crippen LogP contribution in [0.1, 0.15) is 59.3 Å². The Labute approximate surface area is 251 Å². The third-order valence-corrected chi connectivity index (χ3v) is 10.1. The smallest absolute Gasteiger partial charge is 0.409 e. The Hall–Kier alpha value is -4.72. The summed E-state index contributed by atoms with van der Waals surface area (Å²) in [6, 6.07) is 9.07. The molecule has 5 rings (SSSR count). The summed E-state index contributed by atoms with van der Waals surface area (Å²) in [5.74, 6) is -3.07. The SMILES string of the molecule is COc1cc(C(Nc2cc(C(N)=O)ccc2F)C(=O)N2CCCC2c2cc(NC(=O)O)ccc2S(=O)(=O)C2CC2)ccc1F. The highest BCUT2D eigenvalue weighted by molar-refractivity contribution is 7.92. The molecule has 0 aromatic heterocycles. The van der Waals surface area contributed by atoms with Crippen LogP contribution in [0.3, 0.4) is 0 Å². The Morgan fingerprint density at radius 1 is 1.02 bits per heavy atom. The van der Waals surface area contributed by atoms with Gasteiger partial charge in [-0.25, -0.2) is 22.0 Å². The number of nitrogens with one attached hydrogen (secondary N) is 2. The lowest BCUT2D eigenvalue weighted by Gasteiger charge is -2.31. The summed E-state index contributed by atoms with van der Waals surface area (Å²) in [4.78, 5) is 39.0. The van der Waals surface area contributed by atoms with Crippen LogP contribution in [-0.4, -0.2) is 55.2 Å². The molecule has 44 heavy (non-hydrogen) atoms. The van der Waals surface area contributed by atoms with E-state index in [9.17, 15) is 36.7 Å². The van der Waals surface area contributed by atoms with E-state index in [0.717, 1.165) is 18.2 Å². The predicted molar refractivity (Wildman–Crippen MR) is 156 cm³/mol. The van der Waals surface area contributed by atoms with Gasteiger partial charge in [-0.3, -0.25) is 14.9 Å². The second-order valence-electron chi connectivity index (χ2n) is 10.6. The Bertz CT molecular complexity index is 1750. The second-order valence-corrected chi connectivity index (χ2v) is 12.8. The van der Waals surface area contributed by atoms with Crippen LogP contribution in [-0.2, 0) is 14.6 Å². The van der Waals surface area contributed by atoms with Crippen molar-refractivity contribution in [1.29, 1.82) is 0 Å². The van der Waals surface area contributed by atoms with Crippen LogP contribution in [0.25, 0.3) is 0 Å². The van der Waals surface area contributed by atoms with Gasteiger partial charge >= 0.3 is 6.09 Å². The highest BCUT2D eigenvalue weighted by atomic mass is 32.2. The zero-order valence-corrected chi connectivity index (χ0v) is 24.4. The van der Waals surface area contributed by atoms with Crippen LogP contribution in [0.2, 0.25) is 0 Å². The lowest BCUT2D eigenvalue weighted by molar-refractivity contribution is -0.133. The molecule has 1 aliphatic carbocycles. The van der Waals surface area contributed by atoms with E-state index >= 15 is 0 Å². The first-order chi connectivity index (χ1) is 20.9. The molecule has 1 heterocycles. The van der Waals surface area contributed by atoms with Crippen molar-refractivity contribution in [2.75, 3.05) is 24.3 Å². The number of halogens is 2. The van der Waals surface area contributed by atoms with Crippen molar-refractivity contribution in [3.8, 4) is 5.75 Å². The Morgan fingerprint density at radius 3 is 2.41 bits per heavy atom. The third kappa shape index (κ3) is 6.16. The van der Waals surface area contributed by atoms with Crippen LogP contribution in [0.15, 0.2) is 59.5 Å². The number of primary amides is 1. The topological polar surface area (TPSA) is 168 Å². The van der Waals surface area contributed by atoms with Gasteiger partial charge in [-0.15, -0.1) is 0 Å². The summed E-state index contributed by atoms with van der Waals surface area (Å²) < 4.78 is 61.3. The molecule has 11 nitrogen and oxygen atoms in total. The number of sulfone groups is 1. The van der Waals surface area contributed by atoms with E-state index in [1.165, 1.54) is 48.4 Å². The van der Waals surface area contributed by atoms with E-state index in [1.807, 2.05) is 0 Å². The average molecular weight is 629 g/mol. The number of carboxylic acid groups (broad SMARTS) is 1. The van der Waals surface area contributed by atoms with Gasteiger partial charge in [0.15, 0.2) is 21.4 Å². The van der Waals surface area contributed by atoms with Crippen molar-refractivity contribution < 1.29 is 41.4 Å². The minimum absolute atomic E-state index is 0.00815. The highest BCUT2D eigenvalue weighted by Gasteiger charge is 2.42. The number of benzene rings is 3. The normalized spacial score (nSPS) is 17.2. The maximum atomic E-state index is 15.0. The maximum Gasteiger partial charge on any atom is 0.409 e. The number of carbonyl (C=O) groups is 3. The molecule has 3 amide bonds. The van der Waals surface area contributed by atoms with E-state index in [-0.39, 0.29) is 45.3 Å². The van der Waals surface area contributed by atoms with Crippen LogP contribution < -0.4 is 21.1 Å². The Kier molecular flexibility index (Phi) is 8.46. The van der Waals surface area contributed by atoms with E-state index in [1.54, 1.807) is 0 Å². The van der Waals surface area contributed by atoms with Gasteiger partial charge in [0.05, 0.1) is 29.0 Å². The predicted octanol–water partition coefficient (Wildman–Crippen LogP) is 4.62. The van der Waals surface area contributed by atoms with E-state index < -0.39 is 56.7 Å². The van der Waals surface area contributed by atoms with Gasteiger partial charge in [0, 0.05) is 17.8 Å². The highest BCUT2D eigenvalue weighted by Crippen LogP contribution is 2.43. The summed E-state index contributed by atoms with van der Waals surface area (Å²) in [6.45, 7) is 0.198. The first kappa shape index (κ1) is 30.7. The number of ether oxygens (including phenoxy) is 1. The fraction of sp³-hybridized carbons (Fsp3) is 0.300. The number of anilines is 2. The number of hydrogen-bond acceptors (Lipinski definition) is 7. The molecular weight excluding hydrogens is 598 g/mol. The minimum atomic E-state index is -3.76. The van der Waals surface area contributed by atoms with E-state index in [2.05, 4.69) is 10.6 Å². The fourth-order valence-electron chi connectivity index (χ4n) is 5.44. The molecule has 1 saturated carbocycles. The third-order valence-electron chi connectivity index (χ3n) is 7.73. The summed E-state index contributed by atoms with van der Waals surface area (Å²) >= 11 is 0. The van der Waals surface area contributed by atoms with Crippen molar-refractivity contribution in [2.45, 2.75) is 47.9 Å². The van der Waals surface area contributed by atoms with E-state index in [0.29, 0.717) is 25.7 Å². The number of rotatable bonds is 10. The molecule has 14 heteroatoms. The van der Waals surface area contributed by atoms with Crippen LogP contribution in [0.4, 0.5) is 25.0 Å². The van der Waals surface area contributed by atoms with Gasteiger partial charge in [0.1, 0.15) is 11.9 Å². The summed E-state index contributed by atoms with van der Waals surface area (Å²) in [5.41, 5.74) is 5.72. The fourth-order valence-corrected chi connectivity index (χ4v) is 7.33. The summed E-state index contributed by atoms with van der Waals surface area (Å²) in [5, 5.41) is 13.8. The van der Waals surface area contributed by atoms with Crippen molar-refractivity contribution in [3.63, 3.8) is 0 Å². The standard InChI is InChI=1S/C30H30F2N4O7S/c1-43-25-14-16(4-10-22(25)32)27(35-23-13-17(28(33)37)5-9-21(23)31)29(38)36-12-2-3-24(36)20-15-18(34-30(39)40)6-11-26(20)44(41,42)19-7-8-19/h4-6,9-11,13-15,19,24,27,34-35H,2-3,7-8,12H2,1H3,(H2,33,37)(H,39,40). The molecule has 1 aliphatic heterocycles.